The highest BCUT2D eigenvalue weighted by molar-refractivity contribution is 5.99. The topological polar surface area (TPSA) is 112 Å². The van der Waals surface area contributed by atoms with Gasteiger partial charge in [0.1, 0.15) is 6.04 Å². The van der Waals surface area contributed by atoms with E-state index in [0.717, 1.165) is 0 Å². The lowest BCUT2D eigenvalue weighted by Gasteiger charge is -2.13. The maximum Gasteiger partial charge on any atom is 0.326 e. The van der Waals surface area contributed by atoms with Gasteiger partial charge in [-0.05, 0) is 18.2 Å². The highest BCUT2D eigenvalue weighted by atomic mass is 16.4. The first-order valence-corrected chi connectivity index (χ1v) is 5.97. The van der Waals surface area contributed by atoms with E-state index in [1.165, 1.54) is 12.3 Å². The van der Waals surface area contributed by atoms with Gasteiger partial charge in [0.25, 0.3) is 5.91 Å². The van der Waals surface area contributed by atoms with Crippen molar-refractivity contribution in [1.82, 2.24) is 15.3 Å². The van der Waals surface area contributed by atoms with Crippen LogP contribution < -0.4 is 5.32 Å². The molecule has 0 saturated carbocycles. The number of nitrogens with one attached hydrogen (secondary N) is 1. The maximum absolute atomic E-state index is 12.0. The van der Waals surface area contributed by atoms with Gasteiger partial charge in [-0.15, -0.1) is 0 Å². The number of carbonyl (C=O) groups is 2. The fraction of sp³-hybridized carbons (Fsp3) is 0.231. The lowest BCUT2D eigenvalue weighted by Crippen LogP contribution is -2.41. The lowest BCUT2D eigenvalue weighted by atomic mass is 10.1. The fourth-order valence-electron chi connectivity index (χ4n) is 1.73. The van der Waals surface area contributed by atoms with E-state index in [4.69, 9.17) is 10.2 Å². The van der Waals surface area contributed by atoms with Crippen molar-refractivity contribution in [1.29, 1.82) is 0 Å². The van der Waals surface area contributed by atoms with Crippen LogP contribution in [-0.2, 0) is 4.79 Å². The molecular weight excluding hydrogens is 262 g/mol. The van der Waals surface area contributed by atoms with Gasteiger partial charge in [-0.25, -0.2) is 4.79 Å². The van der Waals surface area contributed by atoms with Crippen LogP contribution in [0.5, 0.6) is 0 Å². The third-order valence-electron chi connectivity index (χ3n) is 2.75. The number of aliphatic hydroxyl groups excluding tert-OH is 1. The van der Waals surface area contributed by atoms with Crippen LogP contribution in [0.15, 0.2) is 30.6 Å². The number of fused-ring (bicyclic) bond motifs is 1. The van der Waals surface area contributed by atoms with E-state index in [2.05, 4.69) is 15.3 Å². The number of benzene rings is 1. The Morgan fingerprint density at radius 2 is 1.90 bits per heavy atom. The number of rotatable bonds is 5. The van der Waals surface area contributed by atoms with Crippen molar-refractivity contribution in [2.75, 3.05) is 6.61 Å². The molecule has 1 unspecified atom stereocenters. The second-order valence-corrected chi connectivity index (χ2v) is 4.14. The first kappa shape index (κ1) is 13.9. The number of carboxylic acids is 1. The predicted molar refractivity (Wildman–Crippen MR) is 70.1 cm³/mol. The number of hydrogen-bond donors (Lipinski definition) is 3. The number of amides is 1. The highest BCUT2D eigenvalue weighted by Crippen LogP contribution is 2.11. The molecule has 7 nitrogen and oxygen atoms in total. The Hall–Kier alpha value is -2.54. The fourth-order valence-corrected chi connectivity index (χ4v) is 1.73. The number of hydrogen-bond acceptors (Lipinski definition) is 5. The van der Waals surface area contributed by atoms with Gasteiger partial charge in [-0.3, -0.25) is 14.8 Å². The molecule has 104 valence electrons. The summed E-state index contributed by atoms with van der Waals surface area (Å²) in [5.41, 5.74) is 1.49. The smallest absolute Gasteiger partial charge is 0.326 e. The van der Waals surface area contributed by atoms with Crippen molar-refractivity contribution in [3.8, 4) is 0 Å². The Morgan fingerprint density at radius 3 is 2.55 bits per heavy atom. The van der Waals surface area contributed by atoms with Crippen LogP contribution in [0, 0.1) is 0 Å². The SMILES string of the molecule is O=C(NC(CCO)C(=O)O)c1ccc2nccnc2c1. The van der Waals surface area contributed by atoms with E-state index in [-0.39, 0.29) is 13.0 Å². The molecule has 0 aliphatic rings. The van der Waals surface area contributed by atoms with E-state index in [0.29, 0.717) is 16.6 Å². The van der Waals surface area contributed by atoms with Gasteiger partial charge in [-0.2, -0.15) is 0 Å². The molecule has 1 heterocycles. The van der Waals surface area contributed by atoms with Gasteiger partial charge in [0.2, 0.25) is 0 Å². The molecule has 0 radical (unpaired) electrons. The molecular formula is C13H13N3O4. The number of carboxylic acid groups (broad SMARTS) is 1. The van der Waals surface area contributed by atoms with Gasteiger partial charge in [0.05, 0.1) is 11.0 Å². The molecule has 0 aliphatic carbocycles. The van der Waals surface area contributed by atoms with Gasteiger partial charge >= 0.3 is 5.97 Å². The van der Waals surface area contributed by atoms with Crippen LogP contribution in [0.2, 0.25) is 0 Å². The summed E-state index contributed by atoms with van der Waals surface area (Å²) in [5.74, 6) is -1.72. The molecule has 1 aromatic heterocycles. The summed E-state index contributed by atoms with van der Waals surface area (Å²) in [7, 11) is 0. The largest absolute Gasteiger partial charge is 0.480 e. The van der Waals surface area contributed by atoms with Crippen molar-refractivity contribution in [2.24, 2.45) is 0 Å². The van der Waals surface area contributed by atoms with E-state index in [1.807, 2.05) is 0 Å². The normalized spacial score (nSPS) is 12.1. The minimum atomic E-state index is -1.19. The molecule has 1 aromatic carbocycles. The number of aromatic nitrogens is 2. The van der Waals surface area contributed by atoms with Crippen molar-refractivity contribution in [3.63, 3.8) is 0 Å². The molecule has 0 aliphatic heterocycles. The molecule has 0 fully saturated rings. The standard InChI is InChI=1S/C13H13N3O4/c17-6-3-10(13(19)20)16-12(18)8-1-2-9-11(7-8)15-5-4-14-9/h1-2,4-5,7,10,17H,3,6H2,(H,16,18)(H,19,20). The van der Waals surface area contributed by atoms with E-state index >= 15 is 0 Å². The van der Waals surface area contributed by atoms with E-state index in [1.54, 1.807) is 18.3 Å². The van der Waals surface area contributed by atoms with Crippen LogP contribution in [0.3, 0.4) is 0 Å². The monoisotopic (exact) mass is 275 g/mol. The predicted octanol–water partition coefficient (Wildman–Crippen LogP) is 0.195. The first-order valence-electron chi connectivity index (χ1n) is 5.97. The van der Waals surface area contributed by atoms with E-state index in [9.17, 15) is 9.59 Å². The van der Waals surface area contributed by atoms with E-state index < -0.39 is 17.9 Å². The quantitative estimate of drug-likeness (QED) is 0.718. The first-order chi connectivity index (χ1) is 9.61. The molecule has 1 atom stereocenters. The average Bonchev–Trinajstić information content (AvgIpc) is 2.46. The molecule has 20 heavy (non-hydrogen) atoms. The van der Waals surface area contributed by atoms with Crippen molar-refractivity contribution in [2.45, 2.75) is 12.5 Å². The molecule has 2 aromatic rings. The molecule has 2 rings (SSSR count). The summed E-state index contributed by atoms with van der Waals surface area (Å²) in [5, 5.41) is 20.1. The van der Waals surface area contributed by atoms with Gasteiger partial charge < -0.3 is 15.5 Å². The zero-order valence-corrected chi connectivity index (χ0v) is 10.5. The van der Waals surface area contributed by atoms with Gasteiger partial charge in [0, 0.05) is 31.0 Å². The number of aliphatic carboxylic acids is 1. The Kier molecular flexibility index (Phi) is 4.21. The van der Waals surface area contributed by atoms with Crippen LogP contribution >= 0.6 is 0 Å². The Bertz CT molecular complexity index is 644. The summed E-state index contributed by atoms with van der Waals surface area (Å²) in [6, 6.07) is 3.60. The second kappa shape index (κ2) is 6.07. The third kappa shape index (κ3) is 3.07. The van der Waals surface area contributed by atoms with Gasteiger partial charge in [-0.1, -0.05) is 0 Å². The number of aliphatic hydroxyl groups is 1. The Morgan fingerprint density at radius 1 is 1.20 bits per heavy atom. The second-order valence-electron chi connectivity index (χ2n) is 4.14. The van der Waals surface area contributed by atoms with Crippen LogP contribution in [0.4, 0.5) is 0 Å². The summed E-state index contributed by atoms with van der Waals surface area (Å²) in [4.78, 5) is 31.0. The lowest BCUT2D eigenvalue weighted by molar-refractivity contribution is -0.139. The van der Waals surface area contributed by atoms with Gasteiger partial charge in [0.15, 0.2) is 0 Å². The molecule has 3 N–H and O–H groups in total. The summed E-state index contributed by atoms with van der Waals surface area (Å²) in [6.45, 7) is -0.319. The van der Waals surface area contributed by atoms with Crippen molar-refractivity contribution >= 4 is 22.9 Å². The molecule has 0 saturated heterocycles. The van der Waals surface area contributed by atoms with Crippen LogP contribution in [0.1, 0.15) is 16.8 Å². The molecule has 0 bridgehead atoms. The van der Waals surface area contributed by atoms with Crippen LogP contribution in [-0.4, -0.2) is 44.7 Å². The minimum absolute atomic E-state index is 0.0472. The Labute approximate surface area is 114 Å². The van der Waals surface area contributed by atoms with Crippen molar-refractivity contribution < 1.29 is 19.8 Å². The minimum Gasteiger partial charge on any atom is -0.480 e. The molecule has 1 amide bonds. The number of carbonyl (C=O) groups excluding carboxylic acids is 1. The van der Waals surface area contributed by atoms with Crippen LogP contribution in [0.25, 0.3) is 11.0 Å². The summed E-state index contributed by atoms with van der Waals surface area (Å²) in [6.07, 6.45) is 3.01. The summed E-state index contributed by atoms with van der Waals surface area (Å²) < 4.78 is 0. The molecule has 0 spiro atoms. The average molecular weight is 275 g/mol. The maximum atomic E-state index is 12.0. The highest BCUT2D eigenvalue weighted by Gasteiger charge is 2.20. The number of nitrogens with zero attached hydrogens (tertiary/aromatic N) is 2. The molecule has 7 heteroatoms. The van der Waals surface area contributed by atoms with Crippen molar-refractivity contribution in [3.05, 3.63) is 36.2 Å². The Balaban J connectivity index is 2.20. The zero-order valence-electron chi connectivity index (χ0n) is 10.5. The summed E-state index contributed by atoms with van der Waals surface area (Å²) >= 11 is 0. The zero-order chi connectivity index (χ0) is 14.5. The third-order valence-corrected chi connectivity index (χ3v) is 2.75.